The second-order valence-electron chi connectivity index (χ2n) is 4.27. The number of benzene rings is 1. The van der Waals surface area contributed by atoms with Crippen molar-refractivity contribution in [3.8, 4) is 0 Å². The van der Waals surface area contributed by atoms with Gasteiger partial charge < -0.3 is 10.6 Å². The van der Waals surface area contributed by atoms with Gasteiger partial charge in [-0.1, -0.05) is 35.1 Å². The maximum absolute atomic E-state index is 13.7. The van der Waals surface area contributed by atoms with Gasteiger partial charge in [-0.2, -0.15) is 0 Å². The number of hydrogen-bond donors (Lipinski definition) is 1. The van der Waals surface area contributed by atoms with Crippen molar-refractivity contribution >= 4 is 39.0 Å². The van der Waals surface area contributed by atoms with E-state index in [9.17, 15) is 9.18 Å². The normalized spacial score (nSPS) is 12.0. The first-order chi connectivity index (χ1) is 8.86. The molecule has 0 aliphatic carbocycles. The van der Waals surface area contributed by atoms with E-state index in [1.807, 2.05) is 13.8 Å². The summed E-state index contributed by atoms with van der Waals surface area (Å²) >= 11 is 8.12. The molecular weight excluding hydrogens is 331 g/mol. The molecular formula is C13H16BrFN2OS. The van der Waals surface area contributed by atoms with E-state index >= 15 is 0 Å². The number of nitrogens with zero attached hydrogens (tertiary/aromatic N) is 1. The lowest BCUT2D eigenvalue weighted by Gasteiger charge is -2.24. The van der Waals surface area contributed by atoms with Gasteiger partial charge in [-0.3, -0.25) is 4.79 Å². The summed E-state index contributed by atoms with van der Waals surface area (Å²) in [6, 6.07) is 4.30. The Kier molecular flexibility index (Phi) is 5.87. The first-order valence-corrected chi connectivity index (χ1v) is 7.10. The molecule has 1 rings (SSSR count). The highest BCUT2D eigenvalue weighted by Gasteiger charge is 2.20. The number of hydrogen-bond acceptors (Lipinski definition) is 2. The molecule has 0 saturated heterocycles. The van der Waals surface area contributed by atoms with Crippen LogP contribution < -0.4 is 5.73 Å². The lowest BCUT2D eigenvalue weighted by Crippen LogP contribution is -2.38. The summed E-state index contributed by atoms with van der Waals surface area (Å²) in [4.78, 5) is 14.2. The molecule has 0 aliphatic heterocycles. The fraction of sp³-hybridized carbons (Fsp3) is 0.385. The highest BCUT2D eigenvalue weighted by molar-refractivity contribution is 9.10. The van der Waals surface area contributed by atoms with E-state index in [1.165, 1.54) is 17.0 Å². The number of thiocarbonyl (C=S) groups is 1. The Balaban J connectivity index is 2.95. The molecule has 1 aromatic carbocycles. The van der Waals surface area contributed by atoms with Crippen LogP contribution in [-0.2, 0) is 0 Å². The lowest BCUT2D eigenvalue weighted by atomic mass is 10.1. The minimum atomic E-state index is -0.533. The van der Waals surface area contributed by atoms with Crippen molar-refractivity contribution in [2.45, 2.75) is 13.8 Å². The van der Waals surface area contributed by atoms with E-state index < -0.39 is 5.82 Å². The number of carbonyl (C=O) groups is 1. The maximum atomic E-state index is 13.7. The van der Waals surface area contributed by atoms with Gasteiger partial charge in [0.15, 0.2) is 0 Å². The molecule has 2 N–H and O–H groups in total. The van der Waals surface area contributed by atoms with Crippen LogP contribution in [0.5, 0.6) is 0 Å². The summed E-state index contributed by atoms with van der Waals surface area (Å²) in [5.41, 5.74) is 5.59. The second kappa shape index (κ2) is 6.96. The van der Waals surface area contributed by atoms with E-state index in [-0.39, 0.29) is 17.4 Å². The Morgan fingerprint density at radius 1 is 1.58 bits per heavy atom. The van der Waals surface area contributed by atoms with E-state index in [1.54, 1.807) is 6.07 Å². The molecule has 0 fully saturated rings. The van der Waals surface area contributed by atoms with Crippen LogP contribution in [0.4, 0.5) is 4.39 Å². The SMILES string of the molecule is CCN(CC(C)C(N)=S)C(=O)c1cc(Br)ccc1F. The Bertz CT molecular complexity index is 496. The van der Waals surface area contributed by atoms with Gasteiger partial charge in [-0.05, 0) is 25.1 Å². The van der Waals surface area contributed by atoms with Gasteiger partial charge in [0.05, 0.1) is 10.6 Å². The van der Waals surface area contributed by atoms with E-state index in [2.05, 4.69) is 15.9 Å². The molecule has 19 heavy (non-hydrogen) atoms. The Labute approximate surface area is 126 Å². The van der Waals surface area contributed by atoms with Crippen LogP contribution in [0.15, 0.2) is 22.7 Å². The molecule has 1 aromatic rings. The zero-order chi connectivity index (χ0) is 14.6. The molecule has 0 saturated carbocycles. The summed E-state index contributed by atoms with van der Waals surface area (Å²) in [6.07, 6.45) is 0. The number of amides is 1. The molecule has 0 radical (unpaired) electrons. The number of halogens is 2. The van der Waals surface area contributed by atoms with Crippen molar-refractivity contribution in [1.82, 2.24) is 4.90 Å². The minimum Gasteiger partial charge on any atom is -0.393 e. The summed E-state index contributed by atoms with van der Waals surface area (Å²) < 4.78 is 14.4. The summed E-state index contributed by atoms with van der Waals surface area (Å²) in [5, 5.41) is 0. The zero-order valence-corrected chi connectivity index (χ0v) is 13.2. The molecule has 0 heterocycles. The fourth-order valence-electron chi connectivity index (χ4n) is 1.61. The quantitative estimate of drug-likeness (QED) is 0.833. The summed E-state index contributed by atoms with van der Waals surface area (Å²) in [5.74, 6) is -0.992. The van der Waals surface area contributed by atoms with Gasteiger partial charge in [0, 0.05) is 23.5 Å². The van der Waals surface area contributed by atoms with E-state index in [4.69, 9.17) is 18.0 Å². The molecule has 3 nitrogen and oxygen atoms in total. The molecule has 104 valence electrons. The topological polar surface area (TPSA) is 46.3 Å². The van der Waals surface area contributed by atoms with Crippen LogP contribution in [0.25, 0.3) is 0 Å². The van der Waals surface area contributed by atoms with Gasteiger partial charge in [0.25, 0.3) is 5.91 Å². The highest BCUT2D eigenvalue weighted by atomic mass is 79.9. The first kappa shape index (κ1) is 16.0. The summed E-state index contributed by atoms with van der Waals surface area (Å²) in [7, 11) is 0. The third-order valence-corrected chi connectivity index (χ3v) is 3.70. The fourth-order valence-corrected chi connectivity index (χ4v) is 2.04. The van der Waals surface area contributed by atoms with Crippen molar-refractivity contribution in [1.29, 1.82) is 0 Å². The second-order valence-corrected chi connectivity index (χ2v) is 5.66. The third kappa shape index (κ3) is 4.24. The standard InChI is InChI=1S/C13H16BrFN2OS/c1-3-17(7-8(2)12(16)19)13(18)10-6-9(14)4-5-11(10)15/h4-6,8H,3,7H2,1-2H3,(H2,16,19). The Morgan fingerprint density at radius 3 is 2.74 bits per heavy atom. The van der Waals surface area contributed by atoms with Crippen LogP contribution in [0, 0.1) is 11.7 Å². The van der Waals surface area contributed by atoms with Gasteiger partial charge >= 0.3 is 0 Å². The Morgan fingerprint density at radius 2 is 2.21 bits per heavy atom. The minimum absolute atomic E-state index is 0.0476. The molecule has 0 bridgehead atoms. The van der Waals surface area contributed by atoms with Crippen LogP contribution >= 0.6 is 28.1 Å². The van der Waals surface area contributed by atoms with Crippen LogP contribution in [0.3, 0.4) is 0 Å². The van der Waals surface area contributed by atoms with Gasteiger partial charge in [-0.25, -0.2) is 4.39 Å². The van der Waals surface area contributed by atoms with Crippen molar-refractivity contribution in [3.05, 3.63) is 34.1 Å². The molecule has 1 unspecified atom stereocenters. The number of carbonyl (C=O) groups excluding carboxylic acids is 1. The smallest absolute Gasteiger partial charge is 0.256 e. The summed E-state index contributed by atoms with van der Waals surface area (Å²) in [6.45, 7) is 4.53. The average Bonchev–Trinajstić information content (AvgIpc) is 2.37. The monoisotopic (exact) mass is 346 g/mol. The maximum Gasteiger partial charge on any atom is 0.256 e. The van der Waals surface area contributed by atoms with Crippen molar-refractivity contribution in [3.63, 3.8) is 0 Å². The van der Waals surface area contributed by atoms with Crippen molar-refractivity contribution in [2.24, 2.45) is 11.7 Å². The first-order valence-electron chi connectivity index (χ1n) is 5.90. The number of rotatable bonds is 5. The number of nitrogens with two attached hydrogens (primary N) is 1. The van der Waals surface area contributed by atoms with E-state index in [0.717, 1.165) is 0 Å². The van der Waals surface area contributed by atoms with Crippen LogP contribution in [0.1, 0.15) is 24.2 Å². The largest absolute Gasteiger partial charge is 0.393 e. The molecule has 6 heteroatoms. The average molecular weight is 347 g/mol. The molecule has 0 spiro atoms. The lowest BCUT2D eigenvalue weighted by molar-refractivity contribution is 0.0750. The third-order valence-electron chi connectivity index (χ3n) is 2.81. The highest BCUT2D eigenvalue weighted by Crippen LogP contribution is 2.18. The Hall–Kier alpha value is -1.01. The van der Waals surface area contributed by atoms with Crippen LogP contribution in [-0.4, -0.2) is 28.9 Å². The van der Waals surface area contributed by atoms with E-state index in [0.29, 0.717) is 22.6 Å². The van der Waals surface area contributed by atoms with Gasteiger partial charge in [0.1, 0.15) is 5.82 Å². The predicted octanol–water partition coefficient (Wildman–Crippen LogP) is 2.97. The molecule has 0 aliphatic rings. The van der Waals surface area contributed by atoms with Crippen LogP contribution in [0.2, 0.25) is 0 Å². The van der Waals surface area contributed by atoms with Gasteiger partial charge in [-0.15, -0.1) is 0 Å². The molecule has 1 atom stereocenters. The molecule has 0 aromatic heterocycles. The predicted molar refractivity (Wildman–Crippen MR) is 81.6 cm³/mol. The zero-order valence-electron chi connectivity index (χ0n) is 10.8. The van der Waals surface area contributed by atoms with Crippen molar-refractivity contribution < 1.29 is 9.18 Å². The van der Waals surface area contributed by atoms with Gasteiger partial charge in [0.2, 0.25) is 0 Å². The van der Waals surface area contributed by atoms with Crippen molar-refractivity contribution in [2.75, 3.05) is 13.1 Å². The molecule has 1 amide bonds.